The highest BCUT2D eigenvalue weighted by Gasteiger charge is 2.23. The Balaban J connectivity index is 1.96. The molecule has 0 aliphatic carbocycles. The van der Waals surface area contributed by atoms with Crippen LogP contribution in [0, 0.1) is 0 Å². The summed E-state index contributed by atoms with van der Waals surface area (Å²) in [6.07, 6.45) is -0.178. The van der Waals surface area contributed by atoms with Crippen LogP contribution in [0.15, 0.2) is 60.7 Å². The second-order valence-corrected chi connectivity index (χ2v) is 4.93. The fourth-order valence-corrected chi connectivity index (χ4v) is 2.13. The van der Waals surface area contributed by atoms with Crippen molar-refractivity contribution >= 4 is 11.9 Å². The standard InChI is InChI=1S/C18H19NO3/c1-14(20)22-17(16-10-6-3-7-11-16)18(21)19-13-12-15-8-4-2-5-9-15/h2-11,17H,12-13H2,1H3,(H,19,21)/t17-/m0/s1. The second-order valence-electron chi connectivity index (χ2n) is 4.93. The number of benzene rings is 2. The van der Waals surface area contributed by atoms with E-state index in [1.165, 1.54) is 6.92 Å². The van der Waals surface area contributed by atoms with Crippen molar-refractivity contribution in [1.29, 1.82) is 0 Å². The Kier molecular flexibility index (Phi) is 5.72. The van der Waals surface area contributed by atoms with Crippen LogP contribution >= 0.6 is 0 Å². The summed E-state index contributed by atoms with van der Waals surface area (Å²) in [5.74, 6) is -0.788. The topological polar surface area (TPSA) is 55.4 Å². The molecule has 1 amide bonds. The maximum Gasteiger partial charge on any atom is 0.303 e. The fourth-order valence-electron chi connectivity index (χ4n) is 2.13. The van der Waals surface area contributed by atoms with E-state index in [1.54, 1.807) is 12.1 Å². The molecule has 0 fully saturated rings. The molecule has 1 N–H and O–H groups in total. The van der Waals surface area contributed by atoms with E-state index in [0.29, 0.717) is 12.1 Å². The molecule has 22 heavy (non-hydrogen) atoms. The monoisotopic (exact) mass is 297 g/mol. The first-order valence-electron chi connectivity index (χ1n) is 7.20. The quantitative estimate of drug-likeness (QED) is 0.834. The molecule has 1 atom stereocenters. The molecular weight excluding hydrogens is 278 g/mol. The number of carbonyl (C=O) groups excluding carboxylic acids is 2. The summed E-state index contributed by atoms with van der Waals surface area (Å²) in [6, 6.07) is 18.9. The first-order chi connectivity index (χ1) is 10.7. The highest BCUT2D eigenvalue weighted by molar-refractivity contribution is 5.84. The van der Waals surface area contributed by atoms with Crippen molar-refractivity contribution in [2.75, 3.05) is 6.54 Å². The van der Waals surface area contributed by atoms with Crippen LogP contribution in [-0.2, 0) is 20.7 Å². The Morgan fingerprint density at radius 1 is 1.00 bits per heavy atom. The minimum Gasteiger partial charge on any atom is -0.447 e. The van der Waals surface area contributed by atoms with Crippen molar-refractivity contribution in [2.45, 2.75) is 19.4 Å². The van der Waals surface area contributed by atoms with Crippen molar-refractivity contribution in [3.05, 3.63) is 71.8 Å². The van der Waals surface area contributed by atoms with E-state index >= 15 is 0 Å². The van der Waals surface area contributed by atoms with Gasteiger partial charge in [0.25, 0.3) is 5.91 Å². The third-order valence-corrected chi connectivity index (χ3v) is 3.18. The number of esters is 1. The number of nitrogens with one attached hydrogen (secondary N) is 1. The van der Waals surface area contributed by atoms with Gasteiger partial charge in [0, 0.05) is 19.0 Å². The van der Waals surface area contributed by atoms with Crippen LogP contribution in [0.4, 0.5) is 0 Å². The predicted octanol–water partition coefficient (Wildman–Crippen LogP) is 2.65. The van der Waals surface area contributed by atoms with Gasteiger partial charge in [-0.2, -0.15) is 0 Å². The lowest BCUT2D eigenvalue weighted by atomic mass is 10.1. The molecular formula is C18H19NO3. The van der Waals surface area contributed by atoms with E-state index in [4.69, 9.17) is 4.74 Å². The van der Waals surface area contributed by atoms with Crippen LogP contribution < -0.4 is 5.32 Å². The maximum atomic E-state index is 12.3. The lowest BCUT2D eigenvalue weighted by Crippen LogP contribution is -2.33. The van der Waals surface area contributed by atoms with Crippen LogP contribution in [0.25, 0.3) is 0 Å². The van der Waals surface area contributed by atoms with E-state index in [1.807, 2.05) is 48.5 Å². The molecule has 0 bridgehead atoms. The van der Waals surface area contributed by atoms with Crippen LogP contribution in [0.5, 0.6) is 0 Å². The normalized spacial score (nSPS) is 11.5. The molecule has 4 heteroatoms. The molecule has 0 heterocycles. The van der Waals surface area contributed by atoms with Gasteiger partial charge in [0.2, 0.25) is 6.10 Å². The molecule has 0 saturated carbocycles. The molecule has 0 aromatic heterocycles. The van der Waals surface area contributed by atoms with Crippen molar-refractivity contribution in [2.24, 2.45) is 0 Å². The molecule has 0 unspecified atom stereocenters. The number of hydrogen-bond acceptors (Lipinski definition) is 3. The van der Waals surface area contributed by atoms with Gasteiger partial charge < -0.3 is 10.1 Å². The molecule has 2 aromatic carbocycles. The van der Waals surface area contributed by atoms with Gasteiger partial charge in [-0.15, -0.1) is 0 Å². The summed E-state index contributed by atoms with van der Waals surface area (Å²) in [5.41, 5.74) is 1.81. The second kappa shape index (κ2) is 7.98. The molecule has 0 radical (unpaired) electrons. The minimum atomic E-state index is -0.908. The molecule has 4 nitrogen and oxygen atoms in total. The van der Waals surface area contributed by atoms with E-state index in [0.717, 1.165) is 12.0 Å². The zero-order chi connectivity index (χ0) is 15.8. The Hall–Kier alpha value is -2.62. The van der Waals surface area contributed by atoms with E-state index < -0.39 is 12.1 Å². The van der Waals surface area contributed by atoms with Gasteiger partial charge in [-0.1, -0.05) is 60.7 Å². The summed E-state index contributed by atoms with van der Waals surface area (Å²) in [5, 5.41) is 2.82. The molecule has 2 rings (SSSR count). The third kappa shape index (κ3) is 4.74. The summed E-state index contributed by atoms with van der Waals surface area (Å²) in [4.78, 5) is 23.5. The predicted molar refractivity (Wildman–Crippen MR) is 84.1 cm³/mol. The first kappa shape index (κ1) is 15.8. The average molecular weight is 297 g/mol. The lowest BCUT2D eigenvalue weighted by molar-refractivity contribution is -0.154. The van der Waals surface area contributed by atoms with Gasteiger partial charge in [0.1, 0.15) is 0 Å². The summed E-state index contributed by atoms with van der Waals surface area (Å²) in [6.45, 7) is 1.79. The SMILES string of the molecule is CC(=O)O[C@H](C(=O)NCCc1ccccc1)c1ccccc1. The lowest BCUT2D eigenvalue weighted by Gasteiger charge is -2.17. The van der Waals surface area contributed by atoms with E-state index in [2.05, 4.69) is 5.32 Å². The number of hydrogen-bond donors (Lipinski definition) is 1. The Morgan fingerprint density at radius 3 is 2.18 bits per heavy atom. The van der Waals surface area contributed by atoms with Crippen LogP contribution in [0.3, 0.4) is 0 Å². The molecule has 2 aromatic rings. The fraction of sp³-hybridized carbons (Fsp3) is 0.222. The van der Waals surface area contributed by atoms with Crippen molar-refractivity contribution in [3.8, 4) is 0 Å². The van der Waals surface area contributed by atoms with E-state index in [-0.39, 0.29) is 5.91 Å². The Bertz CT molecular complexity index is 611. The van der Waals surface area contributed by atoms with Crippen LogP contribution in [0.1, 0.15) is 24.2 Å². The Labute approximate surface area is 130 Å². The first-order valence-corrected chi connectivity index (χ1v) is 7.20. The Morgan fingerprint density at radius 2 is 1.59 bits per heavy atom. The zero-order valence-electron chi connectivity index (χ0n) is 12.5. The van der Waals surface area contributed by atoms with Gasteiger partial charge in [0.15, 0.2) is 0 Å². The summed E-state index contributed by atoms with van der Waals surface area (Å²) >= 11 is 0. The van der Waals surface area contributed by atoms with Crippen LogP contribution in [-0.4, -0.2) is 18.4 Å². The molecule has 0 saturated heterocycles. The minimum absolute atomic E-state index is 0.308. The van der Waals surface area contributed by atoms with Crippen molar-refractivity contribution in [1.82, 2.24) is 5.32 Å². The van der Waals surface area contributed by atoms with Gasteiger partial charge in [-0.05, 0) is 12.0 Å². The number of amides is 1. The van der Waals surface area contributed by atoms with Gasteiger partial charge in [-0.3, -0.25) is 9.59 Å². The summed E-state index contributed by atoms with van der Waals surface area (Å²) < 4.78 is 5.15. The largest absolute Gasteiger partial charge is 0.447 e. The molecule has 114 valence electrons. The highest BCUT2D eigenvalue weighted by Crippen LogP contribution is 2.17. The van der Waals surface area contributed by atoms with Gasteiger partial charge in [0.05, 0.1) is 0 Å². The van der Waals surface area contributed by atoms with Gasteiger partial charge >= 0.3 is 5.97 Å². The number of ether oxygens (including phenoxy) is 1. The molecule has 0 spiro atoms. The van der Waals surface area contributed by atoms with Crippen LogP contribution in [0.2, 0.25) is 0 Å². The zero-order valence-corrected chi connectivity index (χ0v) is 12.5. The van der Waals surface area contributed by atoms with Crippen molar-refractivity contribution < 1.29 is 14.3 Å². The third-order valence-electron chi connectivity index (χ3n) is 3.18. The molecule has 0 aliphatic heterocycles. The molecule has 0 aliphatic rings. The van der Waals surface area contributed by atoms with Gasteiger partial charge in [-0.25, -0.2) is 0 Å². The smallest absolute Gasteiger partial charge is 0.303 e. The maximum absolute atomic E-state index is 12.3. The van der Waals surface area contributed by atoms with Crippen molar-refractivity contribution in [3.63, 3.8) is 0 Å². The van der Waals surface area contributed by atoms with E-state index in [9.17, 15) is 9.59 Å². The summed E-state index contributed by atoms with van der Waals surface area (Å²) in [7, 11) is 0. The highest BCUT2D eigenvalue weighted by atomic mass is 16.5. The number of carbonyl (C=O) groups is 2. The number of rotatable bonds is 6. The average Bonchev–Trinajstić information content (AvgIpc) is 2.54.